The van der Waals surface area contributed by atoms with Gasteiger partial charge in [0.1, 0.15) is 0 Å². The molecule has 0 saturated heterocycles. The smallest absolute Gasteiger partial charge is 0.0433 e. The van der Waals surface area contributed by atoms with Gasteiger partial charge >= 0.3 is 0 Å². The molecule has 0 radical (unpaired) electrons. The maximum atomic E-state index is 2.38. The van der Waals surface area contributed by atoms with E-state index in [4.69, 9.17) is 0 Å². The predicted molar refractivity (Wildman–Crippen MR) is 204 cm³/mol. The molecule has 0 aliphatic carbocycles. The van der Waals surface area contributed by atoms with E-state index in [0.29, 0.717) is 0 Å². The molecule has 220 valence electrons. The Hall–Kier alpha value is -5.76. The standard InChI is InChI=1S/C46H30S/c1-3-12-31(13-4-1)33-18-9-20-35(24-33)39-26-40(36-21-10-19-34(25-36)32-14-5-2-6-15-32)28-41(27-39)42-22-11-23-43-44-29-37-16-7-8-17-38(37)30-45(44)47-46(42)43/h1-30H. The lowest BCUT2D eigenvalue weighted by atomic mass is 9.91. The second-order valence-corrected chi connectivity index (χ2v) is 13.2. The quantitative estimate of drug-likeness (QED) is 0.181. The van der Waals surface area contributed by atoms with E-state index >= 15 is 0 Å². The SMILES string of the molecule is c1ccc(-c2cccc(-c3cc(-c4cccc(-c5ccccc5)c4)cc(-c4cccc5c4sc4cc6ccccc6cc45)c3)c2)cc1. The van der Waals surface area contributed by atoms with E-state index in [2.05, 4.69) is 182 Å². The summed E-state index contributed by atoms with van der Waals surface area (Å²) in [6.45, 7) is 0. The molecule has 9 rings (SSSR count). The van der Waals surface area contributed by atoms with Crippen LogP contribution in [0.1, 0.15) is 0 Å². The zero-order valence-electron chi connectivity index (χ0n) is 25.7. The summed E-state index contributed by atoms with van der Waals surface area (Å²) in [6.07, 6.45) is 0. The number of fused-ring (bicyclic) bond motifs is 4. The molecule has 1 heterocycles. The van der Waals surface area contributed by atoms with E-state index in [1.165, 1.54) is 86.6 Å². The molecule has 1 heteroatoms. The Kier molecular flexibility index (Phi) is 6.77. The van der Waals surface area contributed by atoms with E-state index in [0.717, 1.165) is 0 Å². The van der Waals surface area contributed by atoms with Crippen molar-refractivity contribution in [3.63, 3.8) is 0 Å². The lowest BCUT2D eigenvalue weighted by Crippen LogP contribution is -1.88. The summed E-state index contributed by atoms with van der Waals surface area (Å²) in [7, 11) is 0. The topological polar surface area (TPSA) is 0 Å². The number of hydrogen-bond donors (Lipinski definition) is 0. The van der Waals surface area contributed by atoms with Crippen LogP contribution < -0.4 is 0 Å². The van der Waals surface area contributed by atoms with Crippen molar-refractivity contribution in [2.24, 2.45) is 0 Å². The van der Waals surface area contributed by atoms with Gasteiger partial charge in [-0.1, -0.05) is 140 Å². The summed E-state index contributed by atoms with van der Waals surface area (Å²) in [4.78, 5) is 0. The first-order chi connectivity index (χ1) is 23.3. The number of benzene rings is 8. The number of hydrogen-bond acceptors (Lipinski definition) is 1. The summed E-state index contributed by atoms with van der Waals surface area (Å²) in [5.74, 6) is 0. The maximum absolute atomic E-state index is 2.38. The second-order valence-electron chi connectivity index (χ2n) is 12.2. The van der Waals surface area contributed by atoms with Crippen molar-refractivity contribution in [1.29, 1.82) is 0 Å². The molecule has 8 aromatic carbocycles. The van der Waals surface area contributed by atoms with E-state index in [-0.39, 0.29) is 0 Å². The third kappa shape index (κ3) is 5.12. The van der Waals surface area contributed by atoms with Crippen molar-refractivity contribution in [2.75, 3.05) is 0 Å². The van der Waals surface area contributed by atoms with Gasteiger partial charge in [0.05, 0.1) is 0 Å². The molecule has 9 aromatic rings. The molecule has 0 bridgehead atoms. The molecule has 0 spiro atoms. The van der Waals surface area contributed by atoms with Crippen LogP contribution in [0.25, 0.3) is 86.6 Å². The van der Waals surface area contributed by atoms with Gasteiger partial charge in [0.15, 0.2) is 0 Å². The van der Waals surface area contributed by atoms with Gasteiger partial charge in [-0.2, -0.15) is 0 Å². The molecular weight excluding hydrogens is 585 g/mol. The first kappa shape index (κ1) is 27.5. The van der Waals surface area contributed by atoms with Gasteiger partial charge in [0, 0.05) is 20.2 Å². The highest BCUT2D eigenvalue weighted by Gasteiger charge is 2.15. The average molecular weight is 615 g/mol. The van der Waals surface area contributed by atoms with Gasteiger partial charge in [0.2, 0.25) is 0 Å². The fourth-order valence-electron chi connectivity index (χ4n) is 6.84. The summed E-state index contributed by atoms with van der Waals surface area (Å²) in [6, 6.07) is 66.5. The molecule has 0 aliphatic rings. The Morgan fingerprint density at radius 1 is 0.277 bits per heavy atom. The molecule has 0 amide bonds. The Morgan fingerprint density at radius 3 is 1.32 bits per heavy atom. The van der Waals surface area contributed by atoms with Crippen LogP contribution in [-0.4, -0.2) is 0 Å². The summed E-state index contributed by atoms with van der Waals surface area (Å²) < 4.78 is 2.66. The van der Waals surface area contributed by atoms with Crippen LogP contribution in [0.15, 0.2) is 182 Å². The average Bonchev–Trinajstić information content (AvgIpc) is 3.52. The predicted octanol–water partition coefficient (Wildman–Crippen LogP) is 13.5. The first-order valence-corrected chi connectivity index (χ1v) is 16.9. The third-order valence-corrected chi connectivity index (χ3v) is 10.4. The van der Waals surface area contributed by atoms with Crippen LogP contribution in [0.3, 0.4) is 0 Å². The van der Waals surface area contributed by atoms with E-state index in [1.807, 2.05) is 11.3 Å². The Bertz CT molecular complexity index is 2450. The van der Waals surface area contributed by atoms with Gasteiger partial charge in [0.25, 0.3) is 0 Å². The van der Waals surface area contributed by atoms with Crippen molar-refractivity contribution in [3.8, 4) is 55.6 Å². The molecule has 0 fully saturated rings. The van der Waals surface area contributed by atoms with Crippen molar-refractivity contribution < 1.29 is 0 Å². The Labute approximate surface area is 278 Å². The molecule has 0 nitrogen and oxygen atoms in total. The van der Waals surface area contributed by atoms with Crippen LogP contribution in [0.2, 0.25) is 0 Å². The monoisotopic (exact) mass is 614 g/mol. The maximum Gasteiger partial charge on any atom is 0.0433 e. The van der Waals surface area contributed by atoms with Crippen molar-refractivity contribution in [1.82, 2.24) is 0 Å². The van der Waals surface area contributed by atoms with Gasteiger partial charge in [-0.15, -0.1) is 11.3 Å². The lowest BCUT2D eigenvalue weighted by molar-refractivity contribution is 1.56. The molecule has 0 N–H and O–H groups in total. The molecular formula is C46H30S. The highest BCUT2D eigenvalue weighted by molar-refractivity contribution is 7.26. The van der Waals surface area contributed by atoms with Crippen LogP contribution in [0, 0.1) is 0 Å². The number of rotatable bonds is 5. The molecule has 0 atom stereocenters. The Balaban J connectivity index is 1.26. The fourth-order valence-corrected chi connectivity index (χ4v) is 8.11. The second kappa shape index (κ2) is 11.6. The minimum atomic E-state index is 1.21. The Morgan fingerprint density at radius 2 is 0.723 bits per heavy atom. The summed E-state index contributed by atoms with van der Waals surface area (Å²) in [5.41, 5.74) is 12.2. The highest BCUT2D eigenvalue weighted by atomic mass is 32.1. The molecule has 0 unspecified atom stereocenters. The summed E-state index contributed by atoms with van der Waals surface area (Å²) >= 11 is 1.90. The van der Waals surface area contributed by atoms with Gasteiger partial charge < -0.3 is 0 Å². The largest absolute Gasteiger partial charge is 0.135 e. The van der Waals surface area contributed by atoms with Crippen LogP contribution in [0.5, 0.6) is 0 Å². The van der Waals surface area contributed by atoms with Crippen molar-refractivity contribution in [2.45, 2.75) is 0 Å². The van der Waals surface area contributed by atoms with E-state index in [9.17, 15) is 0 Å². The molecule has 0 aliphatic heterocycles. The molecule has 1 aromatic heterocycles. The zero-order valence-corrected chi connectivity index (χ0v) is 26.5. The fraction of sp³-hybridized carbons (Fsp3) is 0. The highest BCUT2D eigenvalue weighted by Crippen LogP contribution is 2.43. The van der Waals surface area contributed by atoms with Crippen LogP contribution in [0.4, 0.5) is 0 Å². The van der Waals surface area contributed by atoms with Crippen LogP contribution >= 0.6 is 11.3 Å². The normalized spacial score (nSPS) is 11.4. The van der Waals surface area contributed by atoms with Gasteiger partial charge in [-0.05, 0) is 109 Å². The summed E-state index contributed by atoms with van der Waals surface area (Å²) in [5, 5.41) is 5.21. The van der Waals surface area contributed by atoms with Crippen molar-refractivity contribution in [3.05, 3.63) is 182 Å². The first-order valence-electron chi connectivity index (χ1n) is 16.1. The van der Waals surface area contributed by atoms with Gasteiger partial charge in [-0.25, -0.2) is 0 Å². The third-order valence-electron chi connectivity index (χ3n) is 9.22. The van der Waals surface area contributed by atoms with Gasteiger partial charge in [-0.3, -0.25) is 0 Å². The minimum absolute atomic E-state index is 1.21. The van der Waals surface area contributed by atoms with E-state index < -0.39 is 0 Å². The zero-order chi connectivity index (χ0) is 31.2. The van der Waals surface area contributed by atoms with E-state index in [1.54, 1.807) is 0 Å². The van der Waals surface area contributed by atoms with Crippen molar-refractivity contribution >= 4 is 42.3 Å². The minimum Gasteiger partial charge on any atom is -0.135 e. The molecule has 0 saturated carbocycles. The lowest BCUT2D eigenvalue weighted by Gasteiger charge is -2.14. The van der Waals surface area contributed by atoms with Crippen LogP contribution in [-0.2, 0) is 0 Å². The molecule has 47 heavy (non-hydrogen) atoms. The number of thiophene rings is 1.